The average molecular weight is 496 g/mol. The van der Waals surface area contributed by atoms with E-state index in [0.717, 1.165) is 22.8 Å². The lowest BCUT2D eigenvalue weighted by atomic mass is 9.84. The summed E-state index contributed by atoms with van der Waals surface area (Å²) >= 11 is 0. The lowest BCUT2D eigenvalue weighted by Crippen LogP contribution is -2.43. The fourth-order valence-corrected chi connectivity index (χ4v) is 4.66. The summed E-state index contributed by atoms with van der Waals surface area (Å²) in [5.74, 6) is 0.830. The molecule has 0 spiro atoms. The Bertz CT molecular complexity index is 1290. The zero-order valence-electron chi connectivity index (χ0n) is 22.3. The van der Waals surface area contributed by atoms with Crippen LogP contribution in [0.15, 0.2) is 85.2 Å². The smallest absolute Gasteiger partial charge is 0.254 e. The molecule has 2 heterocycles. The first-order valence-corrected chi connectivity index (χ1v) is 12.9. The average Bonchev–Trinajstić information content (AvgIpc) is 3.29. The minimum absolute atomic E-state index is 0.0120. The Morgan fingerprint density at radius 3 is 2.30 bits per heavy atom. The molecule has 0 saturated heterocycles. The zero-order chi connectivity index (χ0) is 26.4. The first-order valence-electron chi connectivity index (χ1n) is 12.9. The molecule has 1 unspecified atom stereocenters. The lowest BCUT2D eigenvalue weighted by Gasteiger charge is -2.40. The van der Waals surface area contributed by atoms with Gasteiger partial charge in [0.2, 0.25) is 0 Å². The number of benzene rings is 2. The predicted molar refractivity (Wildman–Crippen MR) is 149 cm³/mol. The van der Waals surface area contributed by atoms with Gasteiger partial charge in [-0.05, 0) is 55.1 Å². The molecule has 0 aliphatic carbocycles. The molecule has 0 fully saturated rings. The van der Waals surface area contributed by atoms with E-state index in [1.807, 2.05) is 72.5 Å². The highest BCUT2D eigenvalue weighted by atomic mass is 16.2. The molecular weight excluding hydrogens is 458 g/mol. The number of aryl methyl sites for hydroxylation is 1. The van der Waals surface area contributed by atoms with Gasteiger partial charge in [0.25, 0.3) is 5.91 Å². The summed E-state index contributed by atoms with van der Waals surface area (Å²) in [5, 5.41) is 0. The number of rotatable bonds is 9. The molecule has 2 N–H and O–H groups in total. The Kier molecular flexibility index (Phi) is 8.19. The molecule has 0 aliphatic rings. The predicted octanol–water partition coefficient (Wildman–Crippen LogP) is 5.88. The van der Waals surface area contributed by atoms with Crippen molar-refractivity contribution in [2.45, 2.75) is 46.7 Å². The fraction of sp³-hybridized carbons (Fsp3) is 0.323. The Labute approximate surface area is 220 Å². The summed E-state index contributed by atoms with van der Waals surface area (Å²) in [5.41, 5.74) is 10.2. The highest BCUT2D eigenvalue weighted by molar-refractivity contribution is 5.94. The zero-order valence-corrected chi connectivity index (χ0v) is 22.3. The standard InChI is InChI=1S/C31H37N5O/c1-23-14-16-25(17-15-23)30(37)36(20-10-18-32)28(31(2,3)4)29-34-27(26-13-8-9-19-33-26)22-35(29)21-24-11-6-5-7-12-24/h5-9,11-17,19,22,28H,10,18,20-21,32H2,1-4H3. The number of carbonyl (C=O) groups is 1. The molecule has 0 aliphatic heterocycles. The molecule has 4 aromatic rings. The van der Waals surface area contributed by atoms with Crippen LogP contribution in [0.5, 0.6) is 0 Å². The monoisotopic (exact) mass is 495 g/mol. The van der Waals surface area contributed by atoms with Gasteiger partial charge in [0, 0.05) is 31.0 Å². The van der Waals surface area contributed by atoms with E-state index in [0.29, 0.717) is 31.6 Å². The number of imidazole rings is 1. The normalized spacial score (nSPS) is 12.4. The first kappa shape index (κ1) is 26.3. The highest BCUT2D eigenvalue weighted by Gasteiger charge is 2.38. The van der Waals surface area contributed by atoms with Crippen molar-refractivity contribution in [3.8, 4) is 11.4 Å². The van der Waals surface area contributed by atoms with Crippen LogP contribution in [-0.2, 0) is 6.54 Å². The Morgan fingerprint density at radius 2 is 1.68 bits per heavy atom. The fourth-order valence-electron chi connectivity index (χ4n) is 4.66. The van der Waals surface area contributed by atoms with Gasteiger partial charge in [0.15, 0.2) is 0 Å². The Hall–Kier alpha value is -3.77. The van der Waals surface area contributed by atoms with Crippen molar-refractivity contribution >= 4 is 5.91 Å². The third kappa shape index (κ3) is 6.33. The van der Waals surface area contributed by atoms with Gasteiger partial charge in [-0.1, -0.05) is 74.9 Å². The third-order valence-electron chi connectivity index (χ3n) is 6.47. The second-order valence-corrected chi connectivity index (χ2v) is 10.6. The maximum absolute atomic E-state index is 14.0. The molecule has 192 valence electrons. The second kappa shape index (κ2) is 11.5. The Balaban J connectivity index is 1.85. The van der Waals surface area contributed by atoms with E-state index < -0.39 is 0 Å². The number of nitrogens with zero attached hydrogens (tertiary/aromatic N) is 4. The molecule has 6 nitrogen and oxygen atoms in total. The van der Waals surface area contributed by atoms with Crippen LogP contribution in [0.25, 0.3) is 11.4 Å². The van der Waals surface area contributed by atoms with Crippen LogP contribution in [0.3, 0.4) is 0 Å². The SMILES string of the molecule is Cc1ccc(C(=O)N(CCCN)C(c2nc(-c3ccccn3)cn2Cc2ccccc2)C(C)(C)C)cc1. The number of hydrogen-bond acceptors (Lipinski definition) is 4. The number of pyridine rings is 1. The van der Waals surface area contributed by atoms with Gasteiger partial charge < -0.3 is 15.2 Å². The minimum Gasteiger partial charge on any atom is -0.330 e. The summed E-state index contributed by atoms with van der Waals surface area (Å²) in [6.07, 6.45) is 4.54. The van der Waals surface area contributed by atoms with E-state index in [1.54, 1.807) is 6.20 Å². The number of amides is 1. The summed E-state index contributed by atoms with van der Waals surface area (Å²) < 4.78 is 2.17. The van der Waals surface area contributed by atoms with Gasteiger partial charge in [-0.15, -0.1) is 0 Å². The molecule has 2 aromatic carbocycles. The van der Waals surface area contributed by atoms with Gasteiger partial charge in [-0.25, -0.2) is 4.98 Å². The van der Waals surface area contributed by atoms with E-state index in [1.165, 1.54) is 5.56 Å². The quantitative estimate of drug-likeness (QED) is 0.315. The van der Waals surface area contributed by atoms with Crippen molar-refractivity contribution in [3.05, 3.63) is 108 Å². The maximum Gasteiger partial charge on any atom is 0.254 e. The van der Waals surface area contributed by atoms with E-state index in [-0.39, 0.29) is 17.4 Å². The number of carbonyl (C=O) groups excluding carboxylic acids is 1. The van der Waals surface area contributed by atoms with Crippen LogP contribution < -0.4 is 5.73 Å². The van der Waals surface area contributed by atoms with E-state index in [9.17, 15) is 4.79 Å². The first-order chi connectivity index (χ1) is 17.8. The van der Waals surface area contributed by atoms with Crippen molar-refractivity contribution in [1.29, 1.82) is 0 Å². The maximum atomic E-state index is 14.0. The summed E-state index contributed by atoms with van der Waals surface area (Å²) in [4.78, 5) is 25.6. The van der Waals surface area contributed by atoms with Crippen molar-refractivity contribution in [3.63, 3.8) is 0 Å². The van der Waals surface area contributed by atoms with Crippen molar-refractivity contribution in [1.82, 2.24) is 19.4 Å². The Morgan fingerprint density at radius 1 is 0.973 bits per heavy atom. The molecule has 2 aromatic heterocycles. The van der Waals surface area contributed by atoms with Crippen LogP contribution in [-0.4, -0.2) is 38.4 Å². The van der Waals surface area contributed by atoms with Gasteiger partial charge in [0.1, 0.15) is 11.5 Å². The van der Waals surface area contributed by atoms with E-state index in [2.05, 4.69) is 48.7 Å². The van der Waals surface area contributed by atoms with Crippen molar-refractivity contribution in [2.24, 2.45) is 11.1 Å². The third-order valence-corrected chi connectivity index (χ3v) is 6.47. The molecule has 4 rings (SSSR count). The van der Waals surface area contributed by atoms with Crippen LogP contribution in [0, 0.1) is 12.3 Å². The van der Waals surface area contributed by atoms with Crippen LogP contribution in [0.1, 0.15) is 60.5 Å². The van der Waals surface area contributed by atoms with Gasteiger partial charge in [-0.3, -0.25) is 9.78 Å². The van der Waals surface area contributed by atoms with Crippen LogP contribution >= 0.6 is 0 Å². The number of aromatic nitrogens is 3. The summed E-state index contributed by atoms with van der Waals surface area (Å²) in [6, 6.07) is 23.7. The molecule has 37 heavy (non-hydrogen) atoms. The van der Waals surface area contributed by atoms with Gasteiger partial charge in [0.05, 0.1) is 11.7 Å². The number of hydrogen-bond donors (Lipinski definition) is 1. The molecular formula is C31H37N5O. The van der Waals surface area contributed by atoms with E-state index in [4.69, 9.17) is 10.7 Å². The second-order valence-electron chi connectivity index (χ2n) is 10.6. The largest absolute Gasteiger partial charge is 0.330 e. The van der Waals surface area contributed by atoms with Crippen LogP contribution in [0.4, 0.5) is 0 Å². The van der Waals surface area contributed by atoms with E-state index >= 15 is 0 Å². The highest BCUT2D eigenvalue weighted by Crippen LogP contribution is 2.39. The summed E-state index contributed by atoms with van der Waals surface area (Å²) in [6.45, 7) is 10.2. The van der Waals surface area contributed by atoms with Crippen molar-refractivity contribution < 1.29 is 4.79 Å². The molecule has 6 heteroatoms. The number of nitrogens with two attached hydrogens (primary N) is 1. The lowest BCUT2D eigenvalue weighted by molar-refractivity contribution is 0.0482. The molecule has 1 atom stereocenters. The molecule has 0 bridgehead atoms. The van der Waals surface area contributed by atoms with Crippen molar-refractivity contribution in [2.75, 3.05) is 13.1 Å². The summed E-state index contributed by atoms with van der Waals surface area (Å²) in [7, 11) is 0. The van der Waals surface area contributed by atoms with Gasteiger partial charge >= 0.3 is 0 Å². The van der Waals surface area contributed by atoms with Gasteiger partial charge in [-0.2, -0.15) is 0 Å². The minimum atomic E-state index is -0.296. The molecule has 0 saturated carbocycles. The van der Waals surface area contributed by atoms with Crippen LogP contribution in [0.2, 0.25) is 0 Å². The molecule has 1 amide bonds. The molecule has 0 radical (unpaired) electrons. The topological polar surface area (TPSA) is 77.0 Å².